The van der Waals surface area contributed by atoms with Crippen LogP contribution in [0.4, 0.5) is 4.39 Å². The SMILES string of the molecule is O=S(=O)(NCCn1cccc1)c1ncccc1F. The molecule has 2 aromatic heterocycles. The van der Waals surface area contributed by atoms with Gasteiger partial charge in [-0.3, -0.25) is 0 Å². The van der Waals surface area contributed by atoms with Crippen LogP contribution in [0.5, 0.6) is 0 Å². The molecule has 1 N–H and O–H groups in total. The molecule has 0 aliphatic rings. The first-order valence-corrected chi connectivity index (χ1v) is 6.79. The Hall–Kier alpha value is -1.73. The van der Waals surface area contributed by atoms with Gasteiger partial charge in [0.05, 0.1) is 0 Å². The van der Waals surface area contributed by atoms with Gasteiger partial charge in [0.1, 0.15) is 0 Å². The first kappa shape index (κ1) is 12.7. The van der Waals surface area contributed by atoms with E-state index in [0.29, 0.717) is 6.54 Å². The molecule has 0 aromatic carbocycles. The van der Waals surface area contributed by atoms with Gasteiger partial charge in [0, 0.05) is 31.7 Å². The van der Waals surface area contributed by atoms with Crippen LogP contribution < -0.4 is 4.72 Å². The van der Waals surface area contributed by atoms with E-state index in [-0.39, 0.29) is 6.54 Å². The first-order valence-electron chi connectivity index (χ1n) is 5.30. The minimum atomic E-state index is -3.89. The van der Waals surface area contributed by atoms with Gasteiger partial charge in [-0.15, -0.1) is 0 Å². The van der Waals surface area contributed by atoms with Crippen LogP contribution in [0.15, 0.2) is 47.9 Å². The molecule has 5 nitrogen and oxygen atoms in total. The molecule has 2 rings (SSSR count). The molecule has 0 spiro atoms. The standard InChI is InChI=1S/C11H12FN3O2S/c12-10-4-3-5-13-11(10)18(16,17)14-6-9-15-7-1-2-8-15/h1-5,7-8,14H,6,9H2. The van der Waals surface area contributed by atoms with Crippen LogP contribution in [0.2, 0.25) is 0 Å². The topological polar surface area (TPSA) is 64.0 Å². The molecule has 96 valence electrons. The van der Waals surface area contributed by atoms with E-state index < -0.39 is 20.9 Å². The van der Waals surface area contributed by atoms with Crippen LogP contribution in [0.3, 0.4) is 0 Å². The Morgan fingerprint density at radius 3 is 2.67 bits per heavy atom. The van der Waals surface area contributed by atoms with Crippen molar-refractivity contribution in [2.75, 3.05) is 6.54 Å². The number of halogens is 1. The number of sulfonamides is 1. The Morgan fingerprint density at radius 2 is 2.00 bits per heavy atom. The van der Waals surface area contributed by atoms with Crippen LogP contribution in [-0.4, -0.2) is 24.5 Å². The van der Waals surface area contributed by atoms with Crippen molar-refractivity contribution >= 4 is 10.0 Å². The summed E-state index contributed by atoms with van der Waals surface area (Å²) in [5, 5.41) is -0.572. The largest absolute Gasteiger partial charge is 0.353 e. The second-order valence-corrected chi connectivity index (χ2v) is 5.29. The van der Waals surface area contributed by atoms with Crippen molar-refractivity contribution in [2.24, 2.45) is 0 Å². The van der Waals surface area contributed by atoms with Gasteiger partial charge in [-0.2, -0.15) is 0 Å². The van der Waals surface area contributed by atoms with E-state index in [9.17, 15) is 12.8 Å². The van der Waals surface area contributed by atoms with Gasteiger partial charge in [-0.1, -0.05) is 0 Å². The lowest BCUT2D eigenvalue weighted by molar-refractivity contribution is 0.540. The Morgan fingerprint density at radius 1 is 1.28 bits per heavy atom. The predicted molar refractivity (Wildman–Crippen MR) is 63.8 cm³/mol. The maximum absolute atomic E-state index is 13.3. The van der Waals surface area contributed by atoms with Crippen LogP contribution in [0.25, 0.3) is 0 Å². The Kier molecular flexibility index (Phi) is 3.73. The summed E-state index contributed by atoms with van der Waals surface area (Å²) < 4.78 is 40.9. The van der Waals surface area contributed by atoms with Crippen LogP contribution in [0, 0.1) is 5.82 Å². The molecular formula is C11H12FN3O2S. The quantitative estimate of drug-likeness (QED) is 0.880. The predicted octanol–water partition coefficient (Wildman–Crippen LogP) is 1.00. The fourth-order valence-electron chi connectivity index (χ4n) is 1.47. The molecule has 18 heavy (non-hydrogen) atoms. The smallest absolute Gasteiger partial charge is 0.261 e. The molecule has 2 aromatic rings. The number of hydrogen-bond acceptors (Lipinski definition) is 3. The zero-order chi connectivity index (χ0) is 13.0. The summed E-state index contributed by atoms with van der Waals surface area (Å²) in [6.45, 7) is 0.647. The lowest BCUT2D eigenvalue weighted by Crippen LogP contribution is -2.28. The molecule has 2 heterocycles. The number of rotatable bonds is 5. The Bertz CT molecular complexity index is 611. The highest BCUT2D eigenvalue weighted by Crippen LogP contribution is 2.09. The molecule has 0 aliphatic heterocycles. The molecule has 0 atom stereocenters. The third-order valence-corrected chi connectivity index (χ3v) is 3.70. The number of nitrogens with one attached hydrogen (secondary N) is 1. The second kappa shape index (κ2) is 5.28. The lowest BCUT2D eigenvalue weighted by Gasteiger charge is -2.07. The van der Waals surface area contributed by atoms with Crippen molar-refractivity contribution in [2.45, 2.75) is 11.6 Å². The monoisotopic (exact) mass is 269 g/mol. The van der Waals surface area contributed by atoms with Crippen molar-refractivity contribution in [3.63, 3.8) is 0 Å². The van der Waals surface area contributed by atoms with E-state index in [1.165, 1.54) is 12.3 Å². The third-order valence-electron chi connectivity index (χ3n) is 2.31. The summed E-state index contributed by atoms with van der Waals surface area (Å²) >= 11 is 0. The summed E-state index contributed by atoms with van der Waals surface area (Å²) in [5.74, 6) is -0.856. The van der Waals surface area contributed by atoms with Crippen molar-refractivity contribution in [3.8, 4) is 0 Å². The number of aromatic nitrogens is 2. The molecule has 0 aliphatic carbocycles. The van der Waals surface area contributed by atoms with Crippen molar-refractivity contribution in [1.82, 2.24) is 14.3 Å². The highest BCUT2D eigenvalue weighted by molar-refractivity contribution is 7.89. The molecule has 0 radical (unpaired) electrons. The zero-order valence-electron chi connectivity index (χ0n) is 9.45. The average Bonchev–Trinajstić information content (AvgIpc) is 2.82. The summed E-state index contributed by atoms with van der Waals surface area (Å²) in [4.78, 5) is 3.53. The van der Waals surface area contributed by atoms with E-state index in [2.05, 4.69) is 9.71 Å². The molecule has 0 bridgehead atoms. The van der Waals surface area contributed by atoms with Gasteiger partial charge < -0.3 is 4.57 Å². The van der Waals surface area contributed by atoms with Gasteiger partial charge in [0.15, 0.2) is 5.82 Å². The second-order valence-electron chi connectivity index (χ2n) is 3.61. The summed E-state index contributed by atoms with van der Waals surface area (Å²) in [5.41, 5.74) is 0. The lowest BCUT2D eigenvalue weighted by atomic mass is 10.5. The number of nitrogens with zero attached hydrogens (tertiary/aromatic N) is 2. The minimum Gasteiger partial charge on any atom is -0.353 e. The van der Waals surface area contributed by atoms with Gasteiger partial charge in [0.2, 0.25) is 5.03 Å². The normalized spacial score (nSPS) is 11.6. The third kappa shape index (κ3) is 2.93. The molecule has 0 saturated carbocycles. The van der Waals surface area contributed by atoms with E-state index in [0.717, 1.165) is 6.07 Å². The highest BCUT2D eigenvalue weighted by atomic mass is 32.2. The summed E-state index contributed by atoms with van der Waals surface area (Å²) in [6.07, 6.45) is 4.87. The Balaban J connectivity index is 2.02. The fourth-order valence-corrected chi connectivity index (χ4v) is 2.49. The van der Waals surface area contributed by atoms with Gasteiger partial charge in [-0.05, 0) is 24.3 Å². The highest BCUT2D eigenvalue weighted by Gasteiger charge is 2.19. The van der Waals surface area contributed by atoms with Crippen LogP contribution >= 0.6 is 0 Å². The van der Waals surface area contributed by atoms with Crippen LogP contribution in [0.1, 0.15) is 0 Å². The number of hydrogen-bond donors (Lipinski definition) is 1. The summed E-state index contributed by atoms with van der Waals surface area (Å²) in [6, 6.07) is 6.08. The minimum absolute atomic E-state index is 0.174. The van der Waals surface area contributed by atoms with Gasteiger partial charge >= 0.3 is 0 Å². The van der Waals surface area contributed by atoms with E-state index in [1.54, 1.807) is 0 Å². The maximum Gasteiger partial charge on any atom is 0.261 e. The maximum atomic E-state index is 13.3. The average molecular weight is 269 g/mol. The molecule has 0 fully saturated rings. The van der Waals surface area contributed by atoms with E-state index in [1.807, 2.05) is 29.1 Å². The van der Waals surface area contributed by atoms with E-state index >= 15 is 0 Å². The first-order chi connectivity index (χ1) is 8.59. The van der Waals surface area contributed by atoms with E-state index in [4.69, 9.17) is 0 Å². The van der Waals surface area contributed by atoms with Gasteiger partial charge in [0.25, 0.3) is 10.0 Å². The van der Waals surface area contributed by atoms with Crippen molar-refractivity contribution in [1.29, 1.82) is 0 Å². The summed E-state index contributed by atoms with van der Waals surface area (Å²) in [7, 11) is -3.89. The Labute approximate surface area is 104 Å². The number of pyridine rings is 1. The van der Waals surface area contributed by atoms with Gasteiger partial charge in [-0.25, -0.2) is 22.5 Å². The molecule has 0 unspecified atom stereocenters. The van der Waals surface area contributed by atoms with Crippen molar-refractivity contribution in [3.05, 3.63) is 48.7 Å². The molecular weight excluding hydrogens is 257 g/mol. The van der Waals surface area contributed by atoms with Crippen molar-refractivity contribution < 1.29 is 12.8 Å². The zero-order valence-corrected chi connectivity index (χ0v) is 10.3. The van der Waals surface area contributed by atoms with Crippen LogP contribution in [-0.2, 0) is 16.6 Å². The molecule has 0 amide bonds. The molecule has 7 heteroatoms. The molecule has 0 saturated heterocycles. The fraction of sp³-hybridized carbons (Fsp3) is 0.182.